The Labute approximate surface area is 230 Å². The summed E-state index contributed by atoms with van der Waals surface area (Å²) in [5, 5.41) is 0. The van der Waals surface area contributed by atoms with E-state index in [1.807, 2.05) is 91.0 Å². The summed E-state index contributed by atoms with van der Waals surface area (Å²) in [5.41, 5.74) is 0. The number of hydrogen-bond acceptors (Lipinski definition) is 0. The Kier molecular flexibility index (Phi) is 213. The fraction of sp³-hybridized carbons (Fsp3) is 0. The van der Waals surface area contributed by atoms with Gasteiger partial charge in [0.15, 0.2) is 0 Å². The van der Waals surface area contributed by atoms with Crippen LogP contribution in [0.3, 0.4) is 0 Å². The molecule has 3 rings (SSSR count). The molecule has 0 aliphatic rings. The smallest absolute Gasteiger partial charge is 0.693 e. The fourth-order valence-electron chi connectivity index (χ4n) is 0.962. The molecule has 0 atom stereocenters. The molecule has 150 valence electrons. The van der Waals surface area contributed by atoms with Gasteiger partial charge in [0, 0.05) is 0 Å². The van der Waals surface area contributed by atoms with E-state index in [-0.39, 0.29) is 142 Å². The van der Waals surface area contributed by atoms with Crippen LogP contribution in [0.15, 0.2) is 91.0 Å². The molecule has 0 saturated heterocycles. The van der Waals surface area contributed by atoms with E-state index in [0.717, 1.165) is 0 Å². The summed E-state index contributed by atoms with van der Waals surface area (Å²) in [4.78, 5) is 0. The van der Waals surface area contributed by atoms with E-state index < -0.39 is 0 Å². The molecular formula is C21H39N3Zr3. The summed E-state index contributed by atoms with van der Waals surface area (Å²) >= 11 is 0. The first-order chi connectivity index (χ1) is 7.50. The molecule has 0 radical (unpaired) electrons. The third kappa shape index (κ3) is 66.2. The number of hydrogen-bond donors (Lipinski definition) is 0. The number of rotatable bonds is 0. The monoisotopic (exact) mass is 603 g/mol. The van der Waals surface area contributed by atoms with Crippen molar-refractivity contribution in [2.75, 3.05) is 0 Å². The number of nitrogens with two attached hydrogens (primary N) is 3. The molecule has 0 fully saturated rings. The molecule has 0 unspecified atom stereocenters. The zero-order chi connectivity index (χ0) is 10.6. The second kappa shape index (κ2) is 71.7. The van der Waals surface area contributed by atoms with Crippen molar-refractivity contribution in [3.8, 4) is 0 Å². The van der Waals surface area contributed by atoms with Crippen LogP contribution >= 0.6 is 0 Å². The van der Waals surface area contributed by atoms with E-state index in [1.165, 1.54) is 0 Å². The van der Waals surface area contributed by atoms with Gasteiger partial charge < -0.3 is 63.0 Å². The van der Waals surface area contributed by atoms with E-state index >= 15 is 0 Å². The van der Waals surface area contributed by atoms with Crippen LogP contribution in [0.5, 0.6) is 0 Å². The molecule has 0 heterocycles. The minimum absolute atomic E-state index is 0. The Morgan fingerprint density at radius 2 is 0.407 bits per heavy atom. The van der Waals surface area contributed by atoms with Gasteiger partial charge in [0.1, 0.15) is 0 Å². The molecule has 6 heteroatoms. The molecule has 0 aromatic heterocycles. The van der Waals surface area contributed by atoms with Crippen molar-refractivity contribution < 1.29 is 78.6 Å². The molecule has 0 amide bonds. The summed E-state index contributed by atoms with van der Waals surface area (Å²) < 4.78 is 0. The van der Waals surface area contributed by atoms with Crippen molar-refractivity contribution >= 4 is 0 Å². The summed E-state index contributed by atoms with van der Waals surface area (Å²) in [6.07, 6.45) is 0. The second-order valence-corrected chi connectivity index (χ2v) is 2.89. The van der Waals surface area contributed by atoms with Crippen LogP contribution in [0, 0.1) is 44.6 Å². The Morgan fingerprint density at radius 1 is 0.296 bits per heavy atom. The van der Waals surface area contributed by atoms with Crippen LogP contribution in [0.4, 0.5) is 0 Å². The van der Waals surface area contributed by atoms with Crippen molar-refractivity contribution in [2.24, 2.45) is 0 Å². The standard InChI is InChI=1S/3C5H5.6CH3.3H2N.3Zr/c3*1-2-4-5-3-1;;;;;;;;;;;;/h3*1-5H;6*1H3;3*1H2;;;/q12*-1;3*+4. The SMILES string of the molecule is [CH3-].[CH3-].[CH3-].[CH3-].[CH3-].[CH3-].[NH2-].[NH2-].[NH2-].[Zr+4].[Zr+4].[Zr+4].c1cc[cH-]c1.c1cc[cH-]c1.c1cc[cH-]c1. The summed E-state index contributed by atoms with van der Waals surface area (Å²) in [5.74, 6) is 0. The molecule has 0 spiro atoms. The van der Waals surface area contributed by atoms with Gasteiger partial charge in [-0.15, -0.1) is 0 Å². The molecule has 3 aromatic carbocycles. The largest absolute Gasteiger partial charge is 4.00 e. The Balaban J connectivity index is -0.0000000102. The van der Waals surface area contributed by atoms with E-state index in [2.05, 4.69) is 0 Å². The van der Waals surface area contributed by atoms with E-state index in [1.54, 1.807) is 0 Å². The molecule has 0 aliphatic heterocycles. The van der Waals surface area contributed by atoms with Crippen molar-refractivity contribution in [2.45, 2.75) is 0 Å². The first kappa shape index (κ1) is 80.3. The quantitative estimate of drug-likeness (QED) is 0.228. The maximum atomic E-state index is 2.00. The average molecular weight is 607 g/mol. The van der Waals surface area contributed by atoms with Gasteiger partial charge >= 0.3 is 78.6 Å². The van der Waals surface area contributed by atoms with Crippen molar-refractivity contribution in [1.82, 2.24) is 0 Å². The van der Waals surface area contributed by atoms with Gasteiger partial charge in [-0.25, -0.2) is 36.4 Å². The third-order valence-corrected chi connectivity index (χ3v) is 1.67. The minimum Gasteiger partial charge on any atom is -0.693 e. The van der Waals surface area contributed by atoms with Gasteiger partial charge in [-0.2, -0.15) is 54.6 Å². The molecule has 27 heavy (non-hydrogen) atoms. The molecule has 0 aliphatic carbocycles. The fourth-order valence-corrected chi connectivity index (χ4v) is 0.962. The molecule has 0 saturated carbocycles. The zero-order valence-electron chi connectivity index (χ0n) is 17.9. The van der Waals surface area contributed by atoms with Gasteiger partial charge in [0.05, 0.1) is 0 Å². The average Bonchev–Trinajstić information content (AvgIpc) is 3.09. The van der Waals surface area contributed by atoms with Gasteiger partial charge in [0.2, 0.25) is 0 Å². The molecule has 3 aromatic rings. The van der Waals surface area contributed by atoms with E-state index in [9.17, 15) is 0 Å². The van der Waals surface area contributed by atoms with Gasteiger partial charge in [-0.1, -0.05) is 0 Å². The van der Waals surface area contributed by atoms with Crippen molar-refractivity contribution in [3.05, 3.63) is 154 Å². The molecule has 6 N–H and O–H groups in total. The van der Waals surface area contributed by atoms with Crippen LogP contribution in [-0.2, 0) is 78.6 Å². The molecular weight excluding hydrogens is 568 g/mol. The predicted molar refractivity (Wildman–Crippen MR) is 120 cm³/mol. The predicted octanol–water partition coefficient (Wildman–Crippen LogP) is 9.06. The summed E-state index contributed by atoms with van der Waals surface area (Å²) in [6, 6.07) is 30.0. The third-order valence-electron chi connectivity index (χ3n) is 1.67. The van der Waals surface area contributed by atoms with Gasteiger partial charge in [0.25, 0.3) is 0 Å². The van der Waals surface area contributed by atoms with Crippen LogP contribution in [0.25, 0.3) is 18.5 Å². The Hall–Kier alpha value is 0.579. The van der Waals surface area contributed by atoms with Gasteiger partial charge in [-0.3, -0.25) is 0 Å². The Bertz CT molecular complexity index is 259. The molecule has 0 bridgehead atoms. The maximum Gasteiger partial charge on any atom is 4.00 e. The van der Waals surface area contributed by atoms with E-state index in [0.29, 0.717) is 0 Å². The summed E-state index contributed by atoms with van der Waals surface area (Å²) in [7, 11) is 0. The summed E-state index contributed by atoms with van der Waals surface area (Å²) in [6.45, 7) is 0. The van der Waals surface area contributed by atoms with Gasteiger partial charge in [-0.05, 0) is 0 Å². The van der Waals surface area contributed by atoms with Crippen molar-refractivity contribution in [1.29, 1.82) is 0 Å². The first-order valence-electron chi connectivity index (χ1n) is 5.00. The van der Waals surface area contributed by atoms with Crippen LogP contribution in [0.2, 0.25) is 0 Å². The van der Waals surface area contributed by atoms with E-state index in [4.69, 9.17) is 0 Å². The second-order valence-electron chi connectivity index (χ2n) is 2.89. The first-order valence-corrected chi connectivity index (χ1v) is 5.00. The van der Waals surface area contributed by atoms with Crippen LogP contribution < -0.4 is 0 Å². The topological polar surface area (TPSA) is 100 Å². The van der Waals surface area contributed by atoms with Crippen LogP contribution in [-0.4, -0.2) is 0 Å². The van der Waals surface area contributed by atoms with Crippen LogP contribution in [0.1, 0.15) is 0 Å². The van der Waals surface area contributed by atoms with Crippen molar-refractivity contribution in [3.63, 3.8) is 0 Å². The molecule has 3 nitrogen and oxygen atoms in total. The zero-order valence-corrected chi connectivity index (χ0v) is 25.3. The maximum absolute atomic E-state index is 2.00. The minimum atomic E-state index is 0. The Morgan fingerprint density at radius 3 is 0.444 bits per heavy atom. The normalized spacial score (nSPS) is 4.44.